The summed E-state index contributed by atoms with van der Waals surface area (Å²) in [5.74, 6) is 2.52. The Labute approximate surface area is 152 Å². The third kappa shape index (κ3) is 3.56. The van der Waals surface area contributed by atoms with Crippen LogP contribution < -0.4 is 14.8 Å². The van der Waals surface area contributed by atoms with Gasteiger partial charge in [-0.2, -0.15) is 0 Å². The van der Waals surface area contributed by atoms with Crippen molar-refractivity contribution < 1.29 is 14.3 Å². The molecule has 7 heteroatoms. The van der Waals surface area contributed by atoms with Crippen molar-refractivity contribution in [1.82, 2.24) is 14.9 Å². The Hall–Kier alpha value is -2.83. The summed E-state index contributed by atoms with van der Waals surface area (Å²) in [7, 11) is 0. The fourth-order valence-corrected chi connectivity index (χ4v) is 3.31. The fraction of sp³-hybridized carbons (Fsp3) is 0.421. The Morgan fingerprint density at radius 2 is 2.04 bits per heavy atom. The summed E-state index contributed by atoms with van der Waals surface area (Å²) < 4.78 is 11.1. The van der Waals surface area contributed by atoms with Crippen molar-refractivity contribution in [3.63, 3.8) is 0 Å². The number of fused-ring (bicyclic) bond motifs is 1. The molecule has 136 valence electrons. The molecule has 1 atom stereocenters. The van der Waals surface area contributed by atoms with Crippen molar-refractivity contribution >= 4 is 17.4 Å². The average molecular weight is 354 g/mol. The molecule has 1 N–H and O–H groups in total. The van der Waals surface area contributed by atoms with Crippen LogP contribution in [0, 0.1) is 5.92 Å². The van der Waals surface area contributed by atoms with Gasteiger partial charge in [0, 0.05) is 24.8 Å². The molecule has 0 spiro atoms. The van der Waals surface area contributed by atoms with Crippen LogP contribution in [0.1, 0.15) is 30.3 Å². The average Bonchev–Trinajstić information content (AvgIpc) is 2.68. The Bertz CT molecular complexity index is 794. The highest BCUT2D eigenvalue weighted by atomic mass is 16.6. The summed E-state index contributed by atoms with van der Waals surface area (Å²) in [6, 6.07) is 5.62. The number of ether oxygens (including phenoxy) is 2. The zero-order valence-corrected chi connectivity index (χ0v) is 14.8. The number of anilines is 2. The van der Waals surface area contributed by atoms with Crippen molar-refractivity contribution in [2.24, 2.45) is 5.92 Å². The summed E-state index contributed by atoms with van der Waals surface area (Å²) in [5, 5.41) is 3.17. The molecule has 2 aromatic rings. The zero-order valence-electron chi connectivity index (χ0n) is 14.8. The van der Waals surface area contributed by atoms with Crippen LogP contribution in [-0.4, -0.2) is 47.1 Å². The number of piperidine rings is 1. The molecule has 0 radical (unpaired) electrons. The van der Waals surface area contributed by atoms with Crippen LogP contribution in [0.2, 0.25) is 0 Å². The van der Waals surface area contributed by atoms with Crippen molar-refractivity contribution in [1.29, 1.82) is 0 Å². The van der Waals surface area contributed by atoms with Gasteiger partial charge in [-0.05, 0) is 30.9 Å². The van der Waals surface area contributed by atoms with Crippen LogP contribution in [0.15, 0.2) is 30.6 Å². The van der Waals surface area contributed by atoms with Crippen molar-refractivity contribution in [2.75, 3.05) is 31.6 Å². The maximum absolute atomic E-state index is 12.5. The van der Waals surface area contributed by atoms with Crippen LogP contribution in [-0.2, 0) is 0 Å². The second-order valence-corrected chi connectivity index (χ2v) is 6.77. The van der Waals surface area contributed by atoms with E-state index >= 15 is 0 Å². The number of carbonyl (C=O) groups is 1. The number of rotatable bonds is 3. The van der Waals surface area contributed by atoms with E-state index in [0.29, 0.717) is 36.4 Å². The number of carbonyl (C=O) groups excluding carboxylic acids is 1. The molecule has 1 amide bonds. The summed E-state index contributed by atoms with van der Waals surface area (Å²) in [5.41, 5.74) is 1.21. The van der Waals surface area contributed by atoms with Crippen LogP contribution in [0.25, 0.3) is 0 Å². The Morgan fingerprint density at radius 3 is 2.81 bits per heavy atom. The molecule has 2 aliphatic heterocycles. The third-order valence-corrected chi connectivity index (χ3v) is 4.63. The van der Waals surface area contributed by atoms with E-state index in [0.717, 1.165) is 30.9 Å². The second-order valence-electron chi connectivity index (χ2n) is 6.77. The van der Waals surface area contributed by atoms with E-state index in [1.807, 2.05) is 23.1 Å². The SMILES string of the molecule is CC1CCCN(C(=O)c2cnc(Nc3ccc4c(c3)OCCO4)cn2)C1. The Morgan fingerprint density at radius 1 is 1.19 bits per heavy atom. The number of aromatic nitrogens is 2. The molecular formula is C19H22N4O3. The first-order valence-corrected chi connectivity index (χ1v) is 8.97. The normalized spacial score (nSPS) is 19.1. The lowest BCUT2D eigenvalue weighted by Crippen LogP contribution is -2.39. The monoisotopic (exact) mass is 354 g/mol. The largest absolute Gasteiger partial charge is 0.486 e. The number of hydrogen-bond acceptors (Lipinski definition) is 6. The highest BCUT2D eigenvalue weighted by Gasteiger charge is 2.23. The first-order valence-electron chi connectivity index (χ1n) is 8.97. The number of likely N-dealkylation sites (tertiary alicyclic amines) is 1. The molecular weight excluding hydrogens is 332 g/mol. The van der Waals surface area contributed by atoms with Gasteiger partial charge in [0.2, 0.25) is 0 Å². The highest BCUT2D eigenvalue weighted by molar-refractivity contribution is 5.92. The highest BCUT2D eigenvalue weighted by Crippen LogP contribution is 2.33. The molecule has 1 fully saturated rings. The number of hydrogen-bond donors (Lipinski definition) is 1. The van der Waals surface area contributed by atoms with E-state index in [1.54, 1.807) is 6.20 Å². The zero-order chi connectivity index (χ0) is 17.9. The predicted molar refractivity (Wildman–Crippen MR) is 97.0 cm³/mol. The summed E-state index contributed by atoms with van der Waals surface area (Å²) in [4.78, 5) is 23.0. The van der Waals surface area contributed by atoms with Crippen molar-refractivity contribution in [2.45, 2.75) is 19.8 Å². The molecule has 3 heterocycles. The lowest BCUT2D eigenvalue weighted by atomic mass is 10.0. The van der Waals surface area contributed by atoms with Gasteiger partial charge in [-0.1, -0.05) is 6.92 Å². The molecule has 1 saturated heterocycles. The van der Waals surface area contributed by atoms with Gasteiger partial charge in [-0.15, -0.1) is 0 Å². The van der Waals surface area contributed by atoms with Crippen molar-refractivity contribution in [3.8, 4) is 11.5 Å². The molecule has 2 aliphatic rings. The van der Waals surface area contributed by atoms with E-state index in [4.69, 9.17) is 9.47 Å². The number of nitrogens with one attached hydrogen (secondary N) is 1. The fourth-order valence-electron chi connectivity index (χ4n) is 3.31. The molecule has 0 bridgehead atoms. The first kappa shape index (κ1) is 16.6. The molecule has 7 nitrogen and oxygen atoms in total. The molecule has 1 aromatic carbocycles. The van der Waals surface area contributed by atoms with Crippen LogP contribution >= 0.6 is 0 Å². The van der Waals surface area contributed by atoms with E-state index in [2.05, 4.69) is 22.2 Å². The lowest BCUT2D eigenvalue weighted by molar-refractivity contribution is 0.0676. The van der Waals surface area contributed by atoms with E-state index in [1.165, 1.54) is 12.6 Å². The number of benzene rings is 1. The minimum Gasteiger partial charge on any atom is -0.486 e. The van der Waals surface area contributed by atoms with Gasteiger partial charge in [-0.25, -0.2) is 9.97 Å². The molecule has 26 heavy (non-hydrogen) atoms. The Kier molecular flexibility index (Phi) is 4.60. The summed E-state index contributed by atoms with van der Waals surface area (Å²) in [6.45, 7) is 4.87. The third-order valence-electron chi connectivity index (χ3n) is 4.63. The van der Waals surface area contributed by atoms with E-state index < -0.39 is 0 Å². The smallest absolute Gasteiger partial charge is 0.274 e. The molecule has 0 aliphatic carbocycles. The predicted octanol–water partition coefficient (Wildman–Crippen LogP) is 2.86. The minimum atomic E-state index is -0.0464. The number of amides is 1. The quantitative estimate of drug-likeness (QED) is 0.913. The van der Waals surface area contributed by atoms with Gasteiger partial charge in [0.05, 0.1) is 12.4 Å². The van der Waals surface area contributed by atoms with Gasteiger partial charge in [0.25, 0.3) is 5.91 Å². The first-order chi connectivity index (χ1) is 12.7. The summed E-state index contributed by atoms with van der Waals surface area (Å²) >= 11 is 0. The van der Waals surface area contributed by atoms with Gasteiger partial charge in [-0.3, -0.25) is 4.79 Å². The Balaban J connectivity index is 1.43. The van der Waals surface area contributed by atoms with Crippen LogP contribution in [0.5, 0.6) is 11.5 Å². The molecule has 1 aromatic heterocycles. The molecule has 1 unspecified atom stereocenters. The lowest BCUT2D eigenvalue weighted by Gasteiger charge is -2.30. The van der Waals surface area contributed by atoms with E-state index in [-0.39, 0.29) is 5.91 Å². The maximum Gasteiger partial charge on any atom is 0.274 e. The van der Waals surface area contributed by atoms with Gasteiger partial charge in [0.1, 0.15) is 24.7 Å². The minimum absolute atomic E-state index is 0.0464. The van der Waals surface area contributed by atoms with Gasteiger partial charge in [0.15, 0.2) is 11.5 Å². The molecule has 4 rings (SSSR count). The topological polar surface area (TPSA) is 76.6 Å². The number of nitrogens with zero attached hydrogens (tertiary/aromatic N) is 3. The van der Waals surface area contributed by atoms with Gasteiger partial charge >= 0.3 is 0 Å². The molecule has 0 saturated carbocycles. The maximum atomic E-state index is 12.5. The van der Waals surface area contributed by atoms with Crippen LogP contribution in [0.4, 0.5) is 11.5 Å². The van der Waals surface area contributed by atoms with Gasteiger partial charge < -0.3 is 19.7 Å². The summed E-state index contributed by atoms with van der Waals surface area (Å²) in [6.07, 6.45) is 5.33. The van der Waals surface area contributed by atoms with Crippen molar-refractivity contribution in [3.05, 3.63) is 36.3 Å². The van der Waals surface area contributed by atoms with Crippen LogP contribution in [0.3, 0.4) is 0 Å². The standard InChI is InChI=1S/C19H22N4O3/c1-13-3-2-6-23(12-13)19(24)15-10-21-18(11-20-15)22-14-4-5-16-17(9-14)26-8-7-25-16/h4-5,9-11,13H,2-3,6-8,12H2,1H3,(H,21,22). The second kappa shape index (κ2) is 7.19. The van der Waals surface area contributed by atoms with E-state index in [9.17, 15) is 4.79 Å².